The number of rotatable bonds is 3. The number of imidazole rings is 1. The first-order valence-corrected chi connectivity index (χ1v) is 6.75. The van der Waals surface area contributed by atoms with Crippen molar-refractivity contribution in [1.82, 2.24) is 15.3 Å². The number of hydrogen-bond acceptors (Lipinski definition) is 2. The molecule has 112 valence electrons. The highest BCUT2D eigenvalue weighted by Crippen LogP contribution is 2.32. The lowest BCUT2D eigenvalue weighted by Crippen LogP contribution is -2.28. The third-order valence-electron chi connectivity index (χ3n) is 2.82. The van der Waals surface area contributed by atoms with Gasteiger partial charge in [-0.3, -0.25) is 4.79 Å². The number of H-pyrrole nitrogens is 1. The van der Waals surface area contributed by atoms with Crippen molar-refractivity contribution >= 4 is 21.8 Å². The molecule has 4 nitrogen and oxygen atoms in total. The highest BCUT2D eigenvalue weighted by Gasteiger charge is 2.31. The summed E-state index contributed by atoms with van der Waals surface area (Å²) in [4.78, 5) is 18.9. The molecule has 21 heavy (non-hydrogen) atoms. The second kappa shape index (κ2) is 5.88. The summed E-state index contributed by atoms with van der Waals surface area (Å²) in [5.41, 5.74) is -0.954. The van der Waals surface area contributed by atoms with E-state index < -0.39 is 23.7 Å². The maximum absolute atomic E-state index is 12.7. The minimum atomic E-state index is -4.50. The van der Waals surface area contributed by atoms with Gasteiger partial charge < -0.3 is 10.3 Å². The average Bonchev–Trinajstić information content (AvgIpc) is 2.91. The summed E-state index contributed by atoms with van der Waals surface area (Å²) in [5.74, 6) is -0.0941. The number of carbonyl (C=O) groups is 1. The Hall–Kier alpha value is -1.83. The molecule has 1 aromatic carbocycles. The Morgan fingerprint density at radius 1 is 1.43 bits per heavy atom. The lowest BCUT2D eigenvalue weighted by atomic mass is 10.1. The molecular weight excluding hydrogens is 351 g/mol. The van der Waals surface area contributed by atoms with Crippen LogP contribution in [0.4, 0.5) is 13.2 Å². The maximum atomic E-state index is 12.7. The van der Waals surface area contributed by atoms with E-state index in [9.17, 15) is 18.0 Å². The summed E-state index contributed by atoms with van der Waals surface area (Å²) < 4.78 is 38.4. The molecule has 0 spiro atoms. The van der Waals surface area contributed by atoms with E-state index in [1.807, 2.05) is 0 Å². The molecule has 1 aromatic heterocycles. The first-order valence-electron chi connectivity index (χ1n) is 5.96. The summed E-state index contributed by atoms with van der Waals surface area (Å²) in [5, 5.41) is 2.59. The van der Waals surface area contributed by atoms with E-state index in [1.54, 1.807) is 13.1 Å². The van der Waals surface area contributed by atoms with Crippen LogP contribution in [0.3, 0.4) is 0 Å². The molecule has 0 saturated heterocycles. The third-order valence-corrected chi connectivity index (χ3v) is 3.51. The molecular formula is C13H11BrF3N3O. The summed E-state index contributed by atoms with van der Waals surface area (Å²) >= 11 is 3.08. The zero-order chi connectivity index (χ0) is 15.6. The van der Waals surface area contributed by atoms with Crippen LogP contribution in [0.25, 0.3) is 0 Å². The molecule has 0 bridgehead atoms. The van der Waals surface area contributed by atoms with Crippen molar-refractivity contribution < 1.29 is 18.0 Å². The van der Waals surface area contributed by atoms with Gasteiger partial charge in [0.25, 0.3) is 5.91 Å². The largest absolute Gasteiger partial charge is 0.416 e. The number of aromatic amines is 1. The van der Waals surface area contributed by atoms with Crippen molar-refractivity contribution in [3.8, 4) is 0 Å². The lowest BCUT2D eigenvalue weighted by molar-refractivity contribution is -0.137. The van der Waals surface area contributed by atoms with Gasteiger partial charge >= 0.3 is 6.18 Å². The molecule has 2 N–H and O–H groups in total. The Morgan fingerprint density at radius 2 is 2.14 bits per heavy atom. The van der Waals surface area contributed by atoms with E-state index in [0.29, 0.717) is 10.3 Å². The number of benzene rings is 1. The molecule has 2 aromatic rings. The Balaban J connectivity index is 2.23. The number of amides is 1. The van der Waals surface area contributed by atoms with Crippen LogP contribution >= 0.6 is 15.9 Å². The van der Waals surface area contributed by atoms with Gasteiger partial charge in [0, 0.05) is 16.9 Å². The second-order valence-corrected chi connectivity index (χ2v) is 5.22. The van der Waals surface area contributed by atoms with E-state index in [-0.39, 0.29) is 5.56 Å². The fourth-order valence-corrected chi connectivity index (χ4v) is 2.16. The molecule has 1 atom stereocenters. The van der Waals surface area contributed by atoms with Gasteiger partial charge in [-0.25, -0.2) is 4.98 Å². The zero-order valence-corrected chi connectivity index (χ0v) is 12.4. The van der Waals surface area contributed by atoms with Crippen LogP contribution in [0.1, 0.15) is 34.7 Å². The molecule has 8 heteroatoms. The third kappa shape index (κ3) is 3.63. The molecule has 0 aliphatic rings. The first-order chi connectivity index (χ1) is 9.79. The van der Waals surface area contributed by atoms with Crippen LogP contribution in [0.15, 0.2) is 35.1 Å². The summed E-state index contributed by atoms with van der Waals surface area (Å²) in [6, 6.07) is 2.48. The molecule has 0 aliphatic heterocycles. The predicted molar refractivity (Wildman–Crippen MR) is 73.6 cm³/mol. The van der Waals surface area contributed by atoms with Gasteiger partial charge in [0.15, 0.2) is 0 Å². The van der Waals surface area contributed by atoms with Crippen molar-refractivity contribution in [3.05, 3.63) is 52.0 Å². The predicted octanol–water partition coefficient (Wildman–Crippen LogP) is 3.68. The van der Waals surface area contributed by atoms with Crippen LogP contribution in [0.2, 0.25) is 0 Å². The topological polar surface area (TPSA) is 57.8 Å². The van der Waals surface area contributed by atoms with E-state index in [1.165, 1.54) is 12.3 Å². The number of nitrogens with zero attached hydrogens (tertiary/aromatic N) is 1. The number of aromatic nitrogens is 2. The van der Waals surface area contributed by atoms with Gasteiger partial charge in [0.1, 0.15) is 5.82 Å². The standard InChI is InChI=1S/C13H11BrF3N3O/c1-7(11-18-4-5-19-11)20-12(21)9-6-8(13(15,16)17)2-3-10(9)14/h2-7H,1H3,(H,18,19)(H,20,21). The number of hydrogen-bond donors (Lipinski definition) is 2. The fourth-order valence-electron chi connectivity index (χ4n) is 1.73. The summed E-state index contributed by atoms with van der Waals surface area (Å²) in [6.07, 6.45) is -1.38. The molecule has 2 rings (SSSR count). The minimum Gasteiger partial charge on any atom is -0.347 e. The quantitative estimate of drug-likeness (QED) is 0.875. The van der Waals surface area contributed by atoms with Crippen molar-refractivity contribution in [2.75, 3.05) is 0 Å². The average molecular weight is 362 g/mol. The highest BCUT2D eigenvalue weighted by atomic mass is 79.9. The molecule has 0 radical (unpaired) electrons. The van der Waals surface area contributed by atoms with Gasteiger partial charge in [-0.05, 0) is 41.1 Å². The summed E-state index contributed by atoms with van der Waals surface area (Å²) in [7, 11) is 0. The molecule has 1 heterocycles. The maximum Gasteiger partial charge on any atom is 0.416 e. The van der Waals surface area contributed by atoms with Crippen molar-refractivity contribution in [2.24, 2.45) is 0 Å². The van der Waals surface area contributed by atoms with Gasteiger partial charge in [0.05, 0.1) is 17.2 Å². The molecule has 0 aliphatic carbocycles. The van der Waals surface area contributed by atoms with E-state index in [4.69, 9.17) is 0 Å². The van der Waals surface area contributed by atoms with Crippen LogP contribution in [0, 0.1) is 0 Å². The van der Waals surface area contributed by atoms with Crippen molar-refractivity contribution in [3.63, 3.8) is 0 Å². The van der Waals surface area contributed by atoms with Gasteiger partial charge in [0.2, 0.25) is 0 Å². The highest BCUT2D eigenvalue weighted by molar-refractivity contribution is 9.10. The Kier molecular flexibility index (Phi) is 4.36. The van der Waals surface area contributed by atoms with Gasteiger partial charge in [-0.15, -0.1) is 0 Å². The van der Waals surface area contributed by atoms with Gasteiger partial charge in [-0.1, -0.05) is 0 Å². The van der Waals surface area contributed by atoms with Crippen molar-refractivity contribution in [2.45, 2.75) is 19.1 Å². The lowest BCUT2D eigenvalue weighted by Gasteiger charge is -2.14. The number of carbonyl (C=O) groups excluding carboxylic acids is 1. The van der Waals surface area contributed by atoms with E-state index in [0.717, 1.165) is 12.1 Å². The minimum absolute atomic E-state index is 0.0803. The molecule has 1 unspecified atom stereocenters. The number of halogens is 4. The Labute approximate surface area is 126 Å². The van der Waals surface area contributed by atoms with Gasteiger partial charge in [-0.2, -0.15) is 13.2 Å². The molecule has 0 fully saturated rings. The van der Waals surface area contributed by atoms with Crippen LogP contribution in [-0.2, 0) is 6.18 Å². The van der Waals surface area contributed by atoms with Crippen molar-refractivity contribution in [1.29, 1.82) is 0 Å². The fraction of sp³-hybridized carbons (Fsp3) is 0.231. The molecule has 0 saturated carbocycles. The first kappa shape index (κ1) is 15.6. The Morgan fingerprint density at radius 3 is 2.71 bits per heavy atom. The number of nitrogens with one attached hydrogen (secondary N) is 2. The van der Waals surface area contributed by atoms with E-state index in [2.05, 4.69) is 31.2 Å². The summed E-state index contributed by atoms with van der Waals surface area (Å²) in [6.45, 7) is 1.68. The Bertz CT molecular complexity index is 641. The van der Waals surface area contributed by atoms with Crippen LogP contribution < -0.4 is 5.32 Å². The van der Waals surface area contributed by atoms with Crippen LogP contribution in [0.5, 0.6) is 0 Å². The zero-order valence-electron chi connectivity index (χ0n) is 10.8. The monoisotopic (exact) mass is 361 g/mol. The van der Waals surface area contributed by atoms with Crippen LogP contribution in [-0.4, -0.2) is 15.9 Å². The van der Waals surface area contributed by atoms with E-state index >= 15 is 0 Å². The normalized spacial score (nSPS) is 13.0. The number of alkyl halides is 3. The SMILES string of the molecule is CC(NC(=O)c1cc(C(F)(F)F)ccc1Br)c1ncc[nH]1. The second-order valence-electron chi connectivity index (χ2n) is 4.36. The smallest absolute Gasteiger partial charge is 0.347 e. The molecule has 1 amide bonds.